The number of amides is 1. The van der Waals surface area contributed by atoms with Crippen LogP contribution in [-0.2, 0) is 6.42 Å². The Morgan fingerprint density at radius 1 is 1.35 bits per heavy atom. The molecule has 94 valence electrons. The predicted octanol–water partition coefficient (Wildman–Crippen LogP) is 1.86. The first kappa shape index (κ1) is 13.2. The number of benzene rings is 1. The second kappa shape index (κ2) is 5.98. The molecule has 0 saturated heterocycles. The quantitative estimate of drug-likeness (QED) is 0.852. The predicted molar refractivity (Wildman–Crippen MR) is 63.9 cm³/mol. The van der Waals surface area contributed by atoms with E-state index in [2.05, 4.69) is 0 Å². The lowest BCUT2D eigenvalue weighted by molar-refractivity contribution is 0.156. The molecule has 0 fully saturated rings. The van der Waals surface area contributed by atoms with Crippen LogP contribution in [0.5, 0.6) is 11.5 Å². The van der Waals surface area contributed by atoms with Crippen LogP contribution in [0.3, 0.4) is 0 Å². The highest BCUT2D eigenvalue weighted by molar-refractivity contribution is 5.64. The molecule has 0 radical (unpaired) electrons. The minimum absolute atomic E-state index is 0.416. The summed E-state index contributed by atoms with van der Waals surface area (Å²) < 4.78 is 10.3. The van der Waals surface area contributed by atoms with Crippen LogP contribution in [0.25, 0.3) is 0 Å². The average Bonchev–Trinajstić information content (AvgIpc) is 2.35. The summed E-state index contributed by atoms with van der Waals surface area (Å²) in [4.78, 5) is 11.9. The molecule has 0 aliphatic heterocycles. The first-order valence-corrected chi connectivity index (χ1v) is 5.23. The van der Waals surface area contributed by atoms with Crippen molar-refractivity contribution >= 4 is 6.09 Å². The number of ether oxygens (including phenoxy) is 2. The van der Waals surface area contributed by atoms with E-state index in [1.54, 1.807) is 14.2 Å². The molecule has 0 aromatic heterocycles. The Balaban J connectivity index is 2.77. The maximum Gasteiger partial charge on any atom is 0.407 e. The van der Waals surface area contributed by atoms with Crippen molar-refractivity contribution in [3.05, 3.63) is 23.8 Å². The van der Waals surface area contributed by atoms with Gasteiger partial charge in [-0.3, -0.25) is 0 Å². The van der Waals surface area contributed by atoms with E-state index in [4.69, 9.17) is 14.6 Å². The van der Waals surface area contributed by atoms with Crippen LogP contribution in [0.4, 0.5) is 4.79 Å². The van der Waals surface area contributed by atoms with Gasteiger partial charge in [0, 0.05) is 13.6 Å². The Kier molecular flexibility index (Phi) is 4.63. The fourth-order valence-electron chi connectivity index (χ4n) is 1.46. The van der Waals surface area contributed by atoms with Gasteiger partial charge in [-0.15, -0.1) is 0 Å². The van der Waals surface area contributed by atoms with Crippen molar-refractivity contribution in [2.75, 3.05) is 27.8 Å². The number of carboxylic acid groups (broad SMARTS) is 1. The fourth-order valence-corrected chi connectivity index (χ4v) is 1.46. The van der Waals surface area contributed by atoms with E-state index in [0.717, 1.165) is 17.1 Å². The summed E-state index contributed by atoms with van der Waals surface area (Å²) in [5, 5.41) is 8.76. The van der Waals surface area contributed by atoms with Gasteiger partial charge in [0.05, 0.1) is 14.2 Å². The lowest BCUT2D eigenvalue weighted by atomic mass is 10.1. The molecule has 0 unspecified atom stereocenters. The van der Waals surface area contributed by atoms with Crippen LogP contribution in [0.15, 0.2) is 18.2 Å². The van der Waals surface area contributed by atoms with Crippen LogP contribution in [0.1, 0.15) is 5.56 Å². The third-order valence-electron chi connectivity index (χ3n) is 2.53. The molecule has 1 amide bonds. The number of hydrogen-bond acceptors (Lipinski definition) is 3. The van der Waals surface area contributed by atoms with Crippen molar-refractivity contribution in [2.45, 2.75) is 6.42 Å². The Morgan fingerprint density at radius 3 is 2.59 bits per heavy atom. The Bertz CT molecular complexity index is 392. The second-order valence-electron chi connectivity index (χ2n) is 3.63. The van der Waals surface area contributed by atoms with Crippen molar-refractivity contribution in [3.63, 3.8) is 0 Å². The van der Waals surface area contributed by atoms with E-state index >= 15 is 0 Å². The topological polar surface area (TPSA) is 59.0 Å². The van der Waals surface area contributed by atoms with Gasteiger partial charge in [0.25, 0.3) is 0 Å². The van der Waals surface area contributed by atoms with Gasteiger partial charge in [-0.2, -0.15) is 0 Å². The molecular weight excluding hydrogens is 222 g/mol. The minimum atomic E-state index is -0.938. The van der Waals surface area contributed by atoms with Crippen molar-refractivity contribution in [1.29, 1.82) is 0 Å². The molecule has 0 saturated carbocycles. The summed E-state index contributed by atoms with van der Waals surface area (Å²) >= 11 is 0. The normalized spacial score (nSPS) is 9.82. The zero-order valence-corrected chi connectivity index (χ0v) is 10.3. The standard InChI is InChI=1S/C12H17NO4/c1-13(12(14)15)7-6-9-8-10(16-2)4-5-11(9)17-3/h4-5,8H,6-7H2,1-3H3,(H,14,15). The molecule has 5 heteroatoms. The molecule has 1 N–H and O–H groups in total. The lowest BCUT2D eigenvalue weighted by Gasteiger charge is -2.15. The van der Waals surface area contributed by atoms with Gasteiger partial charge in [-0.05, 0) is 30.2 Å². The molecule has 0 heterocycles. The van der Waals surface area contributed by atoms with E-state index in [9.17, 15) is 4.79 Å². The largest absolute Gasteiger partial charge is 0.497 e. The van der Waals surface area contributed by atoms with Crippen LogP contribution in [0, 0.1) is 0 Å². The maximum atomic E-state index is 10.7. The summed E-state index contributed by atoms with van der Waals surface area (Å²) in [6.07, 6.45) is -0.352. The maximum absolute atomic E-state index is 10.7. The second-order valence-corrected chi connectivity index (χ2v) is 3.63. The summed E-state index contributed by atoms with van der Waals surface area (Å²) in [7, 11) is 4.72. The molecule has 1 aromatic carbocycles. The SMILES string of the molecule is COc1ccc(OC)c(CCN(C)C(=O)O)c1. The van der Waals surface area contributed by atoms with Gasteiger partial charge in [0.1, 0.15) is 11.5 Å². The van der Waals surface area contributed by atoms with Gasteiger partial charge in [0.2, 0.25) is 0 Å². The number of methoxy groups -OCH3 is 2. The molecule has 5 nitrogen and oxygen atoms in total. The highest BCUT2D eigenvalue weighted by atomic mass is 16.5. The van der Waals surface area contributed by atoms with Crippen molar-refractivity contribution in [1.82, 2.24) is 4.90 Å². The summed E-state index contributed by atoms with van der Waals surface area (Å²) in [5.41, 5.74) is 0.931. The summed E-state index contributed by atoms with van der Waals surface area (Å²) in [6.45, 7) is 0.416. The number of carbonyl (C=O) groups is 1. The van der Waals surface area contributed by atoms with Gasteiger partial charge in [0.15, 0.2) is 0 Å². The number of nitrogens with zero attached hydrogens (tertiary/aromatic N) is 1. The lowest BCUT2D eigenvalue weighted by Crippen LogP contribution is -2.26. The molecule has 17 heavy (non-hydrogen) atoms. The van der Waals surface area contributed by atoms with Crippen LogP contribution < -0.4 is 9.47 Å². The molecule has 0 atom stereocenters. The smallest absolute Gasteiger partial charge is 0.407 e. The summed E-state index contributed by atoms with van der Waals surface area (Å²) in [5.74, 6) is 1.48. The highest BCUT2D eigenvalue weighted by Crippen LogP contribution is 2.24. The molecule has 0 aliphatic carbocycles. The molecular formula is C12H17NO4. The first-order valence-electron chi connectivity index (χ1n) is 5.23. The minimum Gasteiger partial charge on any atom is -0.497 e. The number of likely N-dealkylation sites (N-methyl/N-ethyl adjacent to an activating group) is 1. The third-order valence-corrected chi connectivity index (χ3v) is 2.53. The monoisotopic (exact) mass is 239 g/mol. The summed E-state index contributed by atoms with van der Waals surface area (Å²) in [6, 6.07) is 5.48. The third kappa shape index (κ3) is 3.55. The fraction of sp³-hybridized carbons (Fsp3) is 0.417. The molecule has 0 aliphatic rings. The Morgan fingerprint density at radius 2 is 2.06 bits per heavy atom. The van der Waals surface area contributed by atoms with Gasteiger partial charge < -0.3 is 19.5 Å². The number of hydrogen-bond donors (Lipinski definition) is 1. The van der Waals surface area contributed by atoms with Gasteiger partial charge >= 0.3 is 6.09 Å². The van der Waals surface area contributed by atoms with E-state index in [1.165, 1.54) is 11.9 Å². The van der Waals surface area contributed by atoms with Gasteiger partial charge in [-0.1, -0.05) is 0 Å². The average molecular weight is 239 g/mol. The van der Waals surface area contributed by atoms with Gasteiger partial charge in [-0.25, -0.2) is 4.79 Å². The highest BCUT2D eigenvalue weighted by Gasteiger charge is 2.09. The molecule has 0 bridgehead atoms. The zero-order valence-electron chi connectivity index (χ0n) is 10.3. The molecule has 1 rings (SSSR count). The van der Waals surface area contributed by atoms with E-state index in [0.29, 0.717) is 13.0 Å². The van der Waals surface area contributed by atoms with Crippen LogP contribution >= 0.6 is 0 Å². The number of rotatable bonds is 5. The molecule has 1 aromatic rings. The Hall–Kier alpha value is -1.91. The van der Waals surface area contributed by atoms with E-state index in [-0.39, 0.29) is 0 Å². The van der Waals surface area contributed by atoms with E-state index < -0.39 is 6.09 Å². The molecule has 0 spiro atoms. The first-order chi connectivity index (χ1) is 8.08. The van der Waals surface area contributed by atoms with Crippen LogP contribution in [-0.4, -0.2) is 43.9 Å². The van der Waals surface area contributed by atoms with E-state index in [1.807, 2.05) is 18.2 Å². The van der Waals surface area contributed by atoms with Crippen molar-refractivity contribution in [2.24, 2.45) is 0 Å². The Labute approximate surface area is 101 Å². The van der Waals surface area contributed by atoms with Crippen molar-refractivity contribution in [3.8, 4) is 11.5 Å². The van der Waals surface area contributed by atoms with Crippen molar-refractivity contribution < 1.29 is 19.4 Å². The zero-order chi connectivity index (χ0) is 12.8. The van der Waals surface area contributed by atoms with Crippen LogP contribution in [0.2, 0.25) is 0 Å².